The molecule has 0 N–H and O–H groups in total. The Morgan fingerprint density at radius 1 is 1.50 bits per heavy atom. The summed E-state index contributed by atoms with van der Waals surface area (Å²) in [7, 11) is 0. The number of rotatable bonds is 0. The van der Waals surface area contributed by atoms with E-state index in [-0.39, 0.29) is 5.54 Å². The molecule has 0 fully saturated rings. The fourth-order valence-electron chi connectivity index (χ4n) is 0.730. The van der Waals surface area contributed by atoms with Gasteiger partial charge >= 0.3 is 0 Å². The van der Waals surface area contributed by atoms with Crippen molar-refractivity contribution in [3.05, 3.63) is 0 Å². The highest BCUT2D eigenvalue weighted by Crippen LogP contribution is 2.17. The highest BCUT2D eigenvalue weighted by Gasteiger charge is 2.26. The lowest BCUT2D eigenvalue weighted by Gasteiger charge is -2.28. The highest BCUT2D eigenvalue weighted by molar-refractivity contribution is 5.73. The van der Waals surface area contributed by atoms with E-state index in [1.165, 1.54) is 0 Å². The summed E-state index contributed by atoms with van der Waals surface area (Å²) in [4.78, 5) is 9.41. The molecule has 0 unspecified atom stereocenters. The molecule has 0 atom stereocenters. The molecule has 3 heteroatoms. The van der Waals surface area contributed by atoms with Crippen molar-refractivity contribution >= 4 is 5.90 Å². The van der Waals surface area contributed by atoms with Gasteiger partial charge in [0.05, 0.1) is 5.54 Å². The van der Waals surface area contributed by atoms with Crippen molar-refractivity contribution in [3.63, 3.8) is 0 Å². The molecule has 0 bridgehead atoms. The van der Waals surface area contributed by atoms with Gasteiger partial charge in [-0.1, -0.05) is 0 Å². The summed E-state index contributed by atoms with van der Waals surface area (Å²) in [5.74, 6) is 0.759. The average molecular weight is 142 g/mol. The lowest BCUT2D eigenvalue weighted by molar-refractivity contribution is -0.119. The van der Waals surface area contributed by atoms with Gasteiger partial charge in [0.2, 0.25) is 5.90 Å². The lowest BCUT2D eigenvalue weighted by atomic mass is 10.1. The molecule has 0 aromatic rings. The molecule has 1 rings (SSSR count). The summed E-state index contributed by atoms with van der Waals surface area (Å²) >= 11 is 0. The molecule has 0 aliphatic carbocycles. The Labute approximate surface area is 61.6 Å². The molecule has 58 valence electrons. The van der Waals surface area contributed by atoms with Gasteiger partial charge in [0.25, 0.3) is 0 Å². The lowest BCUT2D eigenvalue weighted by Crippen LogP contribution is -2.38. The van der Waals surface area contributed by atoms with Gasteiger partial charge in [-0.3, -0.25) is 0 Å². The zero-order valence-corrected chi connectivity index (χ0v) is 7.01. The number of hydroxylamine groups is 2. The standard InChI is InChI=1S/C7H14N2O/c1-6-8-5-9(10-6)7(2,3)4/h5H2,1-4H3. The summed E-state index contributed by atoms with van der Waals surface area (Å²) in [6.07, 6.45) is 0. The quantitative estimate of drug-likeness (QED) is 0.511. The zero-order chi connectivity index (χ0) is 7.78. The molecule has 10 heavy (non-hydrogen) atoms. The van der Waals surface area contributed by atoms with Crippen LogP contribution in [0.3, 0.4) is 0 Å². The van der Waals surface area contributed by atoms with Gasteiger partial charge in [0.1, 0.15) is 6.67 Å². The Bertz CT molecular complexity index is 157. The summed E-state index contributed by atoms with van der Waals surface area (Å²) < 4.78 is 0. The molecule has 0 radical (unpaired) electrons. The van der Waals surface area contributed by atoms with Crippen LogP contribution < -0.4 is 0 Å². The fourth-order valence-corrected chi connectivity index (χ4v) is 0.730. The maximum absolute atomic E-state index is 5.31. The Morgan fingerprint density at radius 3 is 2.30 bits per heavy atom. The first-order chi connectivity index (χ1) is 4.50. The van der Waals surface area contributed by atoms with Crippen LogP contribution in [0.25, 0.3) is 0 Å². The molecule has 1 heterocycles. The van der Waals surface area contributed by atoms with E-state index >= 15 is 0 Å². The first kappa shape index (κ1) is 7.54. The Morgan fingerprint density at radius 2 is 2.10 bits per heavy atom. The van der Waals surface area contributed by atoms with Crippen LogP contribution in [0.5, 0.6) is 0 Å². The topological polar surface area (TPSA) is 24.8 Å². The van der Waals surface area contributed by atoms with E-state index in [2.05, 4.69) is 25.8 Å². The van der Waals surface area contributed by atoms with Gasteiger partial charge in [0, 0.05) is 6.92 Å². The van der Waals surface area contributed by atoms with E-state index in [4.69, 9.17) is 4.84 Å². The van der Waals surface area contributed by atoms with Gasteiger partial charge in [-0.25, -0.2) is 4.99 Å². The second-order valence-electron chi connectivity index (χ2n) is 3.46. The first-order valence-electron chi connectivity index (χ1n) is 3.47. The maximum atomic E-state index is 5.31. The number of aliphatic imine (C=N–C) groups is 1. The van der Waals surface area contributed by atoms with Crippen LogP contribution in [0.2, 0.25) is 0 Å². The second kappa shape index (κ2) is 2.23. The van der Waals surface area contributed by atoms with Crippen molar-refractivity contribution in [2.45, 2.75) is 33.2 Å². The third kappa shape index (κ3) is 1.48. The molecule has 0 spiro atoms. The first-order valence-corrected chi connectivity index (χ1v) is 3.47. The number of hydrogen-bond acceptors (Lipinski definition) is 3. The van der Waals surface area contributed by atoms with Crippen LogP contribution in [0.15, 0.2) is 4.99 Å². The minimum Gasteiger partial charge on any atom is -0.389 e. The molecular formula is C7H14N2O. The molecule has 1 aliphatic heterocycles. The number of nitrogens with zero attached hydrogens (tertiary/aromatic N) is 2. The van der Waals surface area contributed by atoms with Crippen molar-refractivity contribution in [1.82, 2.24) is 5.06 Å². The van der Waals surface area contributed by atoms with Crippen LogP contribution in [0.4, 0.5) is 0 Å². The average Bonchev–Trinajstić information content (AvgIpc) is 2.11. The van der Waals surface area contributed by atoms with E-state index in [0.717, 1.165) is 5.90 Å². The predicted octanol–water partition coefficient (Wildman–Crippen LogP) is 1.41. The van der Waals surface area contributed by atoms with Gasteiger partial charge in [-0.15, -0.1) is 5.06 Å². The largest absolute Gasteiger partial charge is 0.389 e. The van der Waals surface area contributed by atoms with Crippen molar-refractivity contribution in [2.24, 2.45) is 4.99 Å². The monoisotopic (exact) mass is 142 g/mol. The summed E-state index contributed by atoms with van der Waals surface area (Å²) in [5, 5.41) is 1.86. The third-order valence-electron chi connectivity index (χ3n) is 1.41. The van der Waals surface area contributed by atoms with Crippen LogP contribution in [0.1, 0.15) is 27.7 Å². The van der Waals surface area contributed by atoms with Crippen LogP contribution in [-0.4, -0.2) is 23.2 Å². The summed E-state index contributed by atoms with van der Waals surface area (Å²) in [5.41, 5.74) is 0.0568. The predicted molar refractivity (Wildman–Crippen MR) is 40.7 cm³/mol. The van der Waals surface area contributed by atoms with Crippen LogP contribution in [0, 0.1) is 0 Å². The number of hydrogen-bond donors (Lipinski definition) is 0. The molecule has 0 amide bonds. The van der Waals surface area contributed by atoms with Crippen molar-refractivity contribution < 1.29 is 4.84 Å². The SMILES string of the molecule is CC1=NCN(C(C)(C)C)O1. The van der Waals surface area contributed by atoms with Crippen molar-refractivity contribution in [1.29, 1.82) is 0 Å². The Hall–Kier alpha value is -0.570. The van der Waals surface area contributed by atoms with Crippen LogP contribution in [-0.2, 0) is 4.84 Å². The van der Waals surface area contributed by atoms with E-state index in [9.17, 15) is 0 Å². The minimum atomic E-state index is 0.0568. The summed E-state index contributed by atoms with van der Waals surface area (Å²) in [6.45, 7) is 8.82. The second-order valence-corrected chi connectivity index (χ2v) is 3.46. The van der Waals surface area contributed by atoms with E-state index in [1.807, 2.05) is 12.0 Å². The molecule has 3 nitrogen and oxygen atoms in total. The third-order valence-corrected chi connectivity index (χ3v) is 1.41. The fraction of sp³-hybridized carbons (Fsp3) is 0.857. The Balaban J connectivity index is 2.50. The van der Waals surface area contributed by atoms with Gasteiger partial charge in [0.15, 0.2) is 0 Å². The molecule has 1 aliphatic rings. The molecule has 0 saturated heterocycles. The van der Waals surface area contributed by atoms with Gasteiger partial charge < -0.3 is 4.84 Å². The highest BCUT2D eigenvalue weighted by atomic mass is 16.7. The smallest absolute Gasteiger partial charge is 0.207 e. The minimum absolute atomic E-state index is 0.0568. The molecule has 0 aromatic carbocycles. The molecule has 0 aromatic heterocycles. The van der Waals surface area contributed by atoms with Gasteiger partial charge in [-0.05, 0) is 20.8 Å². The zero-order valence-electron chi connectivity index (χ0n) is 7.01. The van der Waals surface area contributed by atoms with Crippen LogP contribution >= 0.6 is 0 Å². The molecular weight excluding hydrogens is 128 g/mol. The van der Waals surface area contributed by atoms with Crippen molar-refractivity contribution in [3.8, 4) is 0 Å². The van der Waals surface area contributed by atoms with Crippen molar-refractivity contribution in [2.75, 3.05) is 6.67 Å². The summed E-state index contributed by atoms with van der Waals surface area (Å²) in [6, 6.07) is 0. The van der Waals surface area contributed by atoms with E-state index < -0.39 is 0 Å². The normalized spacial score (nSPS) is 20.6. The van der Waals surface area contributed by atoms with E-state index in [1.54, 1.807) is 0 Å². The van der Waals surface area contributed by atoms with E-state index in [0.29, 0.717) is 6.67 Å². The molecule has 0 saturated carbocycles. The Kier molecular flexibility index (Phi) is 1.68. The van der Waals surface area contributed by atoms with Gasteiger partial charge in [-0.2, -0.15) is 0 Å². The maximum Gasteiger partial charge on any atom is 0.207 e.